The van der Waals surface area contributed by atoms with Crippen LogP contribution in [0.25, 0.3) is 0 Å². The monoisotopic (exact) mass is 306 g/mol. The zero-order valence-corrected chi connectivity index (χ0v) is 13.1. The number of hydrogen-bond acceptors (Lipinski definition) is 3. The summed E-state index contributed by atoms with van der Waals surface area (Å²) in [7, 11) is 1.70. The summed E-state index contributed by atoms with van der Waals surface area (Å²) in [6.45, 7) is 0.0317. The lowest BCUT2D eigenvalue weighted by Gasteiger charge is -2.31. The van der Waals surface area contributed by atoms with Crippen molar-refractivity contribution >= 4 is 6.03 Å². The first-order chi connectivity index (χ1) is 10.7. The summed E-state index contributed by atoms with van der Waals surface area (Å²) in [5.41, 5.74) is 0.999. The molecule has 0 radical (unpaired) electrons. The van der Waals surface area contributed by atoms with Crippen molar-refractivity contribution in [1.82, 2.24) is 10.6 Å². The number of benzene rings is 1. The molecule has 2 rings (SSSR count). The van der Waals surface area contributed by atoms with Gasteiger partial charge in [-0.2, -0.15) is 0 Å². The summed E-state index contributed by atoms with van der Waals surface area (Å²) < 4.78 is 5.46. The second kappa shape index (κ2) is 8.76. The minimum Gasteiger partial charge on any atom is -0.396 e. The van der Waals surface area contributed by atoms with E-state index in [2.05, 4.69) is 10.6 Å². The average Bonchev–Trinajstić information content (AvgIpc) is 2.56. The van der Waals surface area contributed by atoms with Gasteiger partial charge in [-0.15, -0.1) is 0 Å². The summed E-state index contributed by atoms with van der Waals surface area (Å²) in [6, 6.07) is 9.39. The van der Waals surface area contributed by atoms with E-state index in [9.17, 15) is 9.90 Å². The summed E-state index contributed by atoms with van der Waals surface area (Å²) in [6.07, 6.45) is 4.78. The third-order valence-corrected chi connectivity index (χ3v) is 4.25. The van der Waals surface area contributed by atoms with Gasteiger partial charge in [0.15, 0.2) is 0 Å². The van der Waals surface area contributed by atoms with E-state index in [-0.39, 0.29) is 30.8 Å². The minimum atomic E-state index is -0.198. The molecule has 1 aromatic carbocycles. The molecule has 1 aromatic rings. The van der Waals surface area contributed by atoms with Crippen molar-refractivity contribution < 1.29 is 14.6 Å². The number of amides is 2. The van der Waals surface area contributed by atoms with Crippen molar-refractivity contribution in [2.24, 2.45) is 0 Å². The zero-order chi connectivity index (χ0) is 15.8. The van der Waals surface area contributed by atoms with Crippen LogP contribution in [0.15, 0.2) is 30.3 Å². The lowest BCUT2D eigenvalue weighted by Crippen LogP contribution is -2.50. The largest absolute Gasteiger partial charge is 0.396 e. The average molecular weight is 306 g/mol. The van der Waals surface area contributed by atoms with Crippen LogP contribution in [0.3, 0.4) is 0 Å². The molecule has 1 saturated carbocycles. The normalized spacial score (nSPS) is 22.8. The van der Waals surface area contributed by atoms with Crippen molar-refractivity contribution in [2.45, 2.75) is 50.3 Å². The topological polar surface area (TPSA) is 70.6 Å². The van der Waals surface area contributed by atoms with Crippen LogP contribution < -0.4 is 10.6 Å². The van der Waals surface area contributed by atoms with E-state index in [1.807, 2.05) is 30.3 Å². The Hall–Kier alpha value is -1.59. The van der Waals surface area contributed by atoms with E-state index in [1.54, 1.807) is 7.11 Å². The fraction of sp³-hybridized carbons (Fsp3) is 0.588. The molecule has 122 valence electrons. The van der Waals surface area contributed by atoms with Crippen molar-refractivity contribution in [1.29, 1.82) is 0 Å². The molecule has 0 saturated heterocycles. The number of nitrogens with one attached hydrogen (secondary N) is 2. The Balaban J connectivity index is 1.93. The number of aliphatic hydroxyl groups is 1. The molecule has 2 unspecified atom stereocenters. The highest BCUT2D eigenvalue weighted by Crippen LogP contribution is 2.21. The maximum absolute atomic E-state index is 12.3. The molecule has 1 aliphatic rings. The zero-order valence-electron chi connectivity index (χ0n) is 13.1. The number of methoxy groups -OCH3 is 1. The lowest BCUT2D eigenvalue weighted by atomic mass is 9.92. The molecule has 2 amide bonds. The maximum atomic E-state index is 12.3. The first kappa shape index (κ1) is 16.8. The van der Waals surface area contributed by atoms with Crippen LogP contribution in [0.1, 0.15) is 43.7 Å². The molecule has 3 N–H and O–H groups in total. The molecular formula is C17H26N2O3. The van der Waals surface area contributed by atoms with Crippen LogP contribution in [-0.2, 0) is 4.74 Å². The van der Waals surface area contributed by atoms with Crippen molar-refractivity contribution in [3.8, 4) is 0 Å². The highest BCUT2D eigenvalue weighted by Gasteiger charge is 2.26. The number of urea groups is 1. The highest BCUT2D eigenvalue weighted by atomic mass is 16.5. The molecule has 22 heavy (non-hydrogen) atoms. The molecule has 0 aromatic heterocycles. The second-order valence-corrected chi connectivity index (χ2v) is 5.76. The van der Waals surface area contributed by atoms with E-state index in [4.69, 9.17) is 4.74 Å². The predicted octanol–water partition coefficient (Wildman–Crippen LogP) is 2.37. The fourth-order valence-electron chi connectivity index (χ4n) is 3.05. The van der Waals surface area contributed by atoms with Gasteiger partial charge in [0.25, 0.3) is 0 Å². The summed E-state index contributed by atoms with van der Waals surface area (Å²) >= 11 is 0. The number of hydrogen-bond donors (Lipinski definition) is 3. The molecular weight excluding hydrogens is 280 g/mol. The summed E-state index contributed by atoms with van der Waals surface area (Å²) in [5, 5.41) is 15.2. The van der Waals surface area contributed by atoms with Crippen LogP contribution >= 0.6 is 0 Å². The third kappa shape index (κ3) is 4.71. The molecule has 0 spiro atoms. The van der Waals surface area contributed by atoms with Crippen LogP contribution in [0.4, 0.5) is 4.79 Å². The van der Waals surface area contributed by atoms with Crippen molar-refractivity contribution in [2.75, 3.05) is 13.7 Å². The molecule has 0 bridgehead atoms. The molecule has 3 atom stereocenters. The molecule has 0 aliphatic heterocycles. The fourth-order valence-corrected chi connectivity index (χ4v) is 3.05. The SMILES string of the molecule is COC1CCCCC1NC(=O)N[C@H](CCO)c1ccccc1. The Morgan fingerprint density at radius 1 is 1.32 bits per heavy atom. The second-order valence-electron chi connectivity index (χ2n) is 5.76. The number of carbonyl (C=O) groups is 1. The van der Waals surface area contributed by atoms with E-state index < -0.39 is 0 Å². The van der Waals surface area contributed by atoms with Crippen molar-refractivity contribution in [3.63, 3.8) is 0 Å². The first-order valence-electron chi connectivity index (χ1n) is 8.00. The van der Waals surface area contributed by atoms with Gasteiger partial charge in [0.2, 0.25) is 0 Å². The Labute approximate surface area is 132 Å². The number of rotatable bonds is 6. The smallest absolute Gasteiger partial charge is 0.315 e. The number of ether oxygens (including phenoxy) is 1. The van der Waals surface area contributed by atoms with Gasteiger partial charge in [0.1, 0.15) is 0 Å². The summed E-state index contributed by atoms with van der Waals surface area (Å²) in [5.74, 6) is 0. The molecule has 5 heteroatoms. The van der Waals surface area contributed by atoms with Crippen LogP contribution in [0.5, 0.6) is 0 Å². The van der Waals surface area contributed by atoms with Crippen LogP contribution in [0.2, 0.25) is 0 Å². The quantitative estimate of drug-likeness (QED) is 0.755. The van der Waals surface area contributed by atoms with Gasteiger partial charge in [-0.25, -0.2) is 4.79 Å². The lowest BCUT2D eigenvalue weighted by molar-refractivity contribution is 0.0450. The first-order valence-corrected chi connectivity index (χ1v) is 8.00. The molecule has 0 heterocycles. The maximum Gasteiger partial charge on any atom is 0.315 e. The van der Waals surface area contributed by atoms with Crippen LogP contribution in [0, 0.1) is 0 Å². The Bertz CT molecular complexity index is 452. The van der Waals surface area contributed by atoms with E-state index in [1.165, 1.54) is 0 Å². The van der Waals surface area contributed by atoms with E-state index in [0.717, 1.165) is 31.2 Å². The van der Waals surface area contributed by atoms with Gasteiger partial charge < -0.3 is 20.5 Å². The van der Waals surface area contributed by atoms with E-state index >= 15 is 0 Å². The highest BCUT2D eigenvalue weighted by molar-refractivity contribution is 5.74. The van der Waals surface area contributed by atoms with Gasteiger partial charge in [0.05, 0.1) is 18.2 Å². The summed E-state index contributed by atoms with van der Waals surface area (Å²) in [4.78, 5) is 12.3. The van der Waals surface area contributed by atoms with Gasteiger partial charge in [-0.05, 0) is 24.8 Å². The molecule has 1 aliphatic carbocycles. The Morgan fingerprint density at radius 3 is 2.73 bits per heavy atom. The molecule has 5 nitrogen and oxygen atoms in total. The van der Waals surface area contributed by atoms with Gasteiger partial charge in [-0.1, -0.05) is 43.2 Å². The van der Waals surface area contributed by atoms with E-state index in [0.29, 0.717) is 6.42 Å². The molecule has 1 fully saturated rings. The van der Waals surface area contributed by atoms with Crippen molar-refractivity contribution in [3.05, 3.63) is 35.9 Å². The Kier molecular flexibility index (Phi) is 6.68. The van der Waals surface area contributed by atoms with Gasteiger partial charge in [-0.3, -0.25) is 0 Å². The number of aliphatic hydroxyl groups excluding tert-OH is 1. The third-order valence-electron chi connectivity index (χ3n) is 4.25. The van der Waals surface area contributed by atoms with Crippen LogP contribution in [-0.4, -0.2) is 37.0 Å². The number of carbonyl (C=O) groups excluding carboxylic acids is 1. The predicted molar refractivity (Wildman–Crippen MR) is 85.6 cm³/mol. The standard InChI is InChI=1S/C17H26N2O3/c1-22-16-10-6-5-9-15(16)19-17(21)18-14(11-12-20)13-7-3-2-4-8-13/h2-4,7-8,14-16,20H,5-6,9-12H2,1H3,(H2,18,19,21)/t14-,15?,16?/m1/s1. The van der Waals surface area contributed by atoms with Gasteiger partial charge >= 0.3 is 6.03 Å². The minimum absolute atomic E-state index is 0.0317. The Morgan fingerprint density at radius 2 is 2.05 bits per heavy atom. The van der Waals surface area contributed by atoms with Gasteiger partial charge in [0, 0.05) is 13.7 Å².